The molecule has 116 valence electrons. The van der Waals surface area contributed by atoms with Gasteiger partial charge in [0.15, 0.2) is 5.82 Å². The summed E-state index contributed by atoms with van der Waals surface area (Å²) in [5.41, 5.74) is 1.68. The van der Waals surface area contributed by atoms with Crippen LogP contribution in [0, 0.1) is 12.8 Å². The van der Waals surface area contributed by atoms with Gasteiger partial charge in [0.2, 0.25) is 5.91 Å². The van der Waals surface area contributed by atoms with Crippen molar-refractivity contribution in [1.82, 2.24) is 20.5 Å². The van der Waals surface area contributed by atoms with Gasteiger partial charge in [-0.3, -0.25) is 9.89 Å². The Kier molecular flexibility index (Phi) is 4.48. The van der Waals surface area contributed by atoms with Crippen molar-refractivity contribution in [2.75, 3.05) is 18.4 Å². The van der Waals surface area contributed by atoms with Gasteiger partial charge in [0, 0.05) is 17.7 Å². The molecule has 1 atom stereocenters. The van der Waals surface area contributed by atoms with Gasteiger partial charge in [-0.15, -0.1) is 0 Å². The van der Waals surface area contributed by atoms with Crippen LogP contribution in [0.3, 0.4) is 0 Å². The first-order valence-electron chi connectivity index (χ1n) is 7.71. The molecule has 0 aliphatic carbocycles. The Morgan fingerprint density at radius 2 is 2.36 bits per heavy atom. The maximum Gasteiger partial charge on any atom is 0.224 e. The highest BCUT2D eigenvalue weighted by Gasteiger charge is 2.15. The minimum Gasteiger partial charge on any atom is -0.326 e. The van der Waals surface area contributed by atoms with Crippen LogP contribution >= 0.6 is 0 Å². The van der Waals surface area contributed by atoms with Crippen molar-refractivity contribution >= 4 is 11.6 Å². The van der Waals surface area contributed by atoms with Gasteiger partial charge >= 0.3 is 0 Å². The van der Waals surface area contributed by atoms with Crippen molar-refractivity contribution in [1.29, 1.82) is 0 Å². The van der Waals surface area contributed by atoms with Crippen LogP contribution in [0.2, 0.25) is 0 Å². The zero-order valence-corrected chi connectivity index (χ0v) is 12.7. The van der Waals surface area contributed by atoms with Gasteiger partial charge in [-0.05, 0) is 50.9 Å². The minimum absolute atomic E-state index is 0.0650. The smallest absolute Gasteiger partial charge is 0.224 e. The van der Waals surface area contributed by atoms with Crippen molar-refractivity contribution in [3.05, 3.63) is 30.1 Å². The molecule has 1 saturated heterocycles. The third-order valence-electron chi connectivity index (χ3n) is 3.94. The number of rotatable bonds is 5. The normalized spacial score (nSPS) is 17.6. The van der Waals surface area contributed by atoms with Crippen LogP contribution in [0.25, 0.3) is 11.4 Å². The summed E-state index contributed by atoms with van der Waals surface area (Å²) in [4.78, 5) is 16.4. The average Bonchev–Trinajstić information content (AvgIpc) is 3.17. The van der Waals surface area contributed by atoms with Crippen molar-refractivity contribution in [2.45, 2.75) is 26.2 Å². The van der Waals surface area contributed by atoms with E-state index in [4.69, 9.17) is 0 Å². The number of amides is 1. The molecular weight excluding hydrogens is 278 g/mol. The molecule has 1 amide bonds. The first-order chi connectivity index (χ1) is 10.7. The second kappa shape index (κ2) is 6.70. The van der Waals surface area contributed by atoms with Crippen LogP contribution < -0.4 is 10.6 Å². The Morgan fingerprint density at radius 3 is 3.09 bits per heavy atom. The molecule has 22 heavy (non-hydrogen) atoms. The van der Waals surface area contributed by atoms with E-state index in [9.17, 15) is 4.79 Å². The Hall–Kier alpha value is -2.21. The van der Waals surface area contributed by atoms with Gasteiger partial charge in [-0.2, -0.15) is 5.10 Å². The van der Waals surface area contributed by atoms with Crippen molar-refractivity contribution in [3.63, 3.8) is 0 Å². The predicted molar refractivity (Wildman–Crippen MR) is 85.4 cm³/mol. The highest BCUT2D eigenvalue weighted by atomic mass is 16.1. The first kappa shape index (κ1) is 14.7. The molecular formula is C16H21N5O. The lowest BCUT2D eigenvalue weighted by Gasteiger charge is -2.09. The van der Waals surface area contributed by atoms with Crippen molar-refractivity contribution in [2.24, 2.45) is 5.92 Å². The van der Waals surface area contributed by atoms with Crippen molar-refractivity contribution in [3.8, 4) is 11.4 Å². The van der Waals surface area contributed by atoms with Crippen LogP contribution in [0.5, 0.6) is 0 Å². The average molecular weight is 299 g/mol. The Balaban J connectivity index is 1.58. The third-order valence-corrected chi connectivity index (χ3v) is 3.94. The summed E-state index contributed by atoms with van der Waals surface area (Å²) in [6.07, 6.45) is 2.68. The van der Waals surface area contributed by atoms with E-state index in [2.05, 4.69) is 25.8 Å². The summed E-state index contributed by atoms with van der Waals surface area (Å²) >= 11 is 0. The number of aromatic amines is 1. The van der Waals surface area contributed by atoms with Gasteiger partial charge in [0.25, 0.3) is 0 Å². The second-order valence-electron chi connectivity index (χ2n) is 5.77. The number of hydrogen-bond donors (Lipinski definition) is 3. The molecule has 1 aliphatic heterocycles. The number of nitrogens with zero attached hydrogens (tertiary/aromatic N) is 2. The SMILES string of the molecule is Cc1nc(-c2cccc(NC(=O)CCC3CCNC3)c2)n[nH]1. The molecule has 1 aromatic carbocycles. The van der Waals surface area contributed by atoms with Gasteiger partial charge in [-0.1, -0.05) is 12.1 Å². The van der Waals surface area contributed by atoms with Gasteiger partial charge < -0.3 is 10.6 Å². The quantitative estimate of drug-likeness (QED) is 0.789. The molecule has 0 spiro atoms. The van der Waals surface area contributed by atoms with E-state index in [1.54, 1.807) is 0 Å². The third kappa shape index (κ3) is 3.71. The summed E-state index contributed by atoms with van der Waals surface area (Å²) in [6, 6.07) is 7.62. The van der Waals surface area contributed by atoms with E-state index in [-0.39, 0.29) is 5.91 Å². The molecule has 6 heteroatoms. The number of carbonyl (C=O) groups is 1. The topological polar surface area (TPSA) is 82.7 Å². The molecule has 1 aliphatic rings. The lowest BCUT2D eigenvalue weighted by Crippen LogP contribution is -2.15. The number of benzene rings is 1. The molecule has 3 rings (SSSR count). The lowest BCUT2D eigenvalue weighted by molar-refractivity contribution is -0.116. The van der Waals surface area contributed by atoms with Gasteiger partial charge in [0.1, 0.15) is 5.82 Å². The molecule has 3 N–H and O–H groups in total. The van der Waals surface area contributed by atoms with E-state index in [0.29, 0.717) is 18.2 Å². The standard InChI is InChI=1S/C16H21N5O/c1-11-18-16(21-20-11)13-3-2-4-14(9-13)19-15(22)6-5-12-7-8-17-10-12/h2-4,9,12,17H,5-8,10H2,1H3,(H,19,22)(H,18,20,21). The monoisotopic (exact) mass is 299 g/mol. The maximum atomic E-state index is 12.1. The van der Waals surface area contributed by atoms with Crippen LogP contribution in [0.1, 0.15) is 25.1 Å². The molecule has 2 aromatic rings. The molecule has 1 aromatic heterocycles. The molecule has 1 unspecified atom stereocenters. The number of aromatic nitrogens is 3. The fourth-order valence-corrected chi connectivity index (χ4v) is 2.73. The number of nitrogens with one attached hydrogen (secondary N) is 3. The summed E-state index contributed by atoms with van der Waals surface area (Å²) in [6.45, 7) is 3.97. The highest BCUT2D eigenvalue weighted by Crippen LogP contribution is 2.20. The first-order valence-corrected chi connectivity index (χ1v) is 7.71. The van der Waals surface area contributed by atoms with Crippen LogP contribution in [0.15, 0.2) is 24.3 Å². The summed E-state index contributed by atoms with van der Waals surface area (Å²) in [7, 11) is 0. The fraction of sp³-hybridized carbons (Fsp3) is 0.438. The van der Waals surface area contributed by atoms with E-state index >= 15 is 0 Å². The van der Waals surface area contributed by atoms with E-state index in [1.807, 2.05) is 31.2 Å². The van der Waals surface area contributed by atoms with Crippen molar-refractivity contribution < 1.29 is 4.79 Å². The zero-order valence-electron chi connectivity index (χ0n) is 12.7. The number of hydrogen-bond acceptors (Lipinski definition) is 4. The number of aryl methyl sites for hydroxylation is 1. The summed E-state index contributed by atoms with van der Waals surface area (Å²) < 4.78 is 0. The molecule has 1 fully saturated rings. The number of H-pyrrole nitrogens is 1. The minimum atomic E-state index is 0.0650. The molecule has 0 saturated carbocycles. The highest BCUT2D eigenvalue weighted by molar-refractivity contribution is 5.91. The summed E-state index contributed by atoms with van der Waals surface area (Å²) in [5.74, 6) is 2.11. The largest absolute Gasteiger partial charge is 0.326 e. The molecule has 6 nitrogen and oxygen atoms in total. The van der Waals surface area contributed by atoms with Crippen LogP contribution in [-0.4, -0.2) is 34.2 Å². The molecule has 0 radical (unpaired) electrons. The summed E-state index contributed by atoms with van der Waals surface area (Å²) in [5, 5.41) is 13.2. The Labute approximate surface area is 129 Å². The predicted octanol–water partition coefficient (Wildman–Crippen LogP) is 2.11. The number of carbonyl (C=O) groups excluding carboxylic acids is 1. The molecule has 2 heterocycles. The molecule has 0 bridgehead atoms. The lowest BCUT2D eigenvalue weighted by atomic mass is 10.0. The number of anilines is 1. The van der Waals surface area contributed by atoms with Crippen LogP contribution in [0.4, 0.5) is 5.69 Å². The van der Waals surface area contributed by atoms with E-state index in [0.717, 1.165) is 36.6 Å². The fourth-order valence-electron chi connectivity index (χ4n) is 2.73. The van der Waals surface area contributed by atoms with Crippen LogP contribution in [-0.2, 0) is 4.79 Å². The Morgan fingerprint density at radius 1 is 1.45 bits per heavy atom. The second-order valence-corrected chi connectivity index (χ2v) is 5.77. The van der Waals surface area contributed by atoms with E-state index in [1.165, 1.54) is 6.42 Å². The maximum absolute atomic E-state index is 12.1. The van der Waals surface area contributed by atoms with E-state index < -0.39 is 0 Å². The van der Waals surface area contributed by atoms with Gasteiger partial charge in [0.05, 0.1) is 0 Å². The van der Waals surface area contributed by atoms with Gasteiger partial charge in [-0.25, -0.2) is 4.98 Å². The zero-order chi connectivity index (χ0) is 15.4. The Bertz CT molecular complexity index is 645.